The van der Waals surface area contributed by atoms with Crippen molar-refractivity contribution in [2.24, 2.45) is 0 Å². The fourth-order valence-corrected chi connectivity index (χ4v) is 3.94. The minimum Gasteiger partial charge on any atom is -0.319 e. The number of likely N-dealkylation sites (N-methyl/N-ethyl adjacent to an activating group) is 1. The molecule has 0 saturated carbocycles. The number of aryl methyl sites for hydroxylation is 1. The third kappa shape index (κ3) is 3.21. The van der Waals surface area contributed by atoms with Crippen molar-refractivity contribution in [3.8, 4) is 0 Å². The van der Waals surface area contributed by atoms with E-state index in [4.69, 9.17) is 0 Å². The highest BCUT2D eigenvalue weighted by molar-refractivity contribution is 6.07. The van der Waals surface area contributed by atoms with Crippen molar-refractivity contribution >= 4 is 11.9 Å². The van der Waals surface area contributed by atoms with Crippen molar-refractivity contribution in [3.05, 3.63) is 47.5 Å². The van der Waals surface area contributed by atoms with E-state index in [0.29, 0.717) is 19.6 Å². The Kier molecular flexibility index (Phi) is 4.95. The van der Waals surface area contributed by atoms with Gasteiger partial charge in [0.2, 0.25) is 0 Å². The molecule has 3 amide bonds. The van der Waals surface area contributed by atoms with Crippen LogP contribution in [0, 0.1) is 0 Å². The summed E-state index contributed by atoms with van der Waals surface area (Å²) >= 11 is 0. The molecule has 1 fully saturated rings. The van der Waals surface area contributed by atoms with Crippen molar-refractivity contribution in [2.75, 3.05) is 19.8 Å². The lowest BCUT2D eigenvalue weighted by molar-refractivity contribution is -0.133. The largest absolute Gasteiger partial charge is 0.326 e. The molecule has 3 rings (SSSR count). The molecule has 1 heterocycles. The molecule has 5 nitrogen and oxygen atoms in total. The van der Waals surface area contributed by atoms with E-state index in [1.54, 1.807) is 0 Å². The van der Waals surface area contributed by atoms with Crippen molar-refractivity contribution in [3.63, 3.8) is 0 Å². The molecule has 0 radical (unpaired) electrons. The molecule has 2 aliphatic rings. The van der Waals surface area contributed by atoms with Crippen LogP contribution in [-0.4, -0.2) is 41.5 Å². The van der Waals surface area contributed by atoms with Gasteiger partial charge in [-0.1, -0.05) is 43.3 Å². The third-order valence-electron chi connectivity index (χ3n) is 5.18. The summed E-state index contributed by atoms with van der Waals surface area (Å²) in [6.07, 6.45) is 3.59. The first kappa shape index (κ1) is 17.7. The van der Waals surface area contributed by atoms with E-state index in [2.05, 4.69) is 22.9 Å². The number of hydrogen-bond acceptors (Lipinski definition) is 3. The smallest absolute Gasteiger partial charge is 0.319 e. The number of carbonyl (C=O) groups excluding carboxylic acids is 2. The number of rotatable bonds is 5. The molecular formula is C20H27N3O2. The molecule has 1 aromatic rings. The van der Waals surface area contributed by atoms with Crippen molar-refractivity contribution < 1.29 is 9.59 Å². The molecule has 1 saturated heterocycles. The Labute approximate surface area is 149 Å². The van der Waals surface area contributed by atoms with Gasteiger partial charge in [-0.3, -0.25) is 9.69 Å². The standard InChI is InChI=1S/C20H27N3O2/c1-4-22(13-15(2)3)14-23-18(24)20(21-19(23)25)12-8-7-10-16-9-5-6-11-17(16)20/h5-6,9,11H,2,4,7-8,10,12-14H2,1,3H3,(H,21,25)/t20-/m0/s1. The van der Waals surface area contributed by atoms with Crippen molar-refractivity contribution in [1.29, 1.82) is 0 Å². The predicted octanol–water partition coefficient (Wildman–Crippen LogP) is 3.02. The van der Waals surface area contributed by atoms with Crippen LogP contribution in [0.25, 0.3) is 0 Å². The molecule has 0 aromatic heterocycles. The summed E-state index contributed by atoms with van der Waals surface area (Å²) < 4.78 is 0. The molecule has 1 spiro atoms. The molecule has 1 aliphatic carbocycles. The summed E-state index contributed by atoms with van der Waals surface area (Å²) in [5.41, 5.74) is 2.26. The number of fused-ring (bicyclic) bond motifs is 2. The van der Waals surface area contributed by atoms with E-state index in [0.717, 1.165) is 36.9 Å². The lowest BCUT2D eigenvalue weighted by atomic mass is 9.84. The first-order chi connectivity index (χ1) is 12.0. The SMILES string of the molecule is C=C(C)CN(CC)CN1C(=O)N[C@]2(CCCCc3ccccc32)C1=O. The van der Waals surface area contributed by atoms with Crippen molar-refractivity contribution in [1.82, 2.24) is 15.1 Å². The highest BCUT2D eigenvalue weighted by Gasteiger charge is 2.53. The third-order valence-corrected chi connectivity index (χ3v) is 5.18. The minimum atomic E-state index is -0.896. The Balaban J connectivity index is 1.91. The van der Waals surface area contributed by atoms with Gasteiger partial charge in [0, 0.05) is 6.54 Å². The van der Waals surface area contributed by atoms with E-state index in [1.807, 2.05) is 32.0 Å². The first-order valence-corrected chi connectivity index (χ1v) is 9.07. The van der Waals surface area contributed by atoms with E-state index >= 15 is 0 Å². The Morgan fingerprint density at radius 2 is 2.08 bits per heavy atom. The van der Waals surface area contributed by atoms with Gasteiger partial charge in [-0.2, -0.15) is 0 Å². The zero-order valence-corrected chi connectivity index (χ0v) is 15.2. The van der Waals surface area contributed by atoms with Crippen LogP contribution in [0.3, 0.4) is 0 Å². The maximum Gasteiger partial charge on any atom is 0.326 e. The number of nitrogens with one attached hydrogen (secondary N) is 1. The van der Waals surface area contributed by atoms with Crippen LogP contribution in [0.1, 0.15) is 44.2 Å². The van der Waals surface area contributed by atoms with E-state index in [1.165, 1.54) is 10.5 Å². The average molecular weight is 341 g/mol. The highest BCUT2D eigenvalue weighted by atomic mass is 16.2. The monoisotopic (exact) mass is 341 g/mol. The number of imide groups is 1. The number of nitrogens with zero attached hydrogens (tertiary/aromatic N) is 2. The highest BCUT2D eigenvalue weighted by Crippen LogP contribution is 2.38. The number of carbonyl (C=O) groups is 2. The molecule has 1 aromatic carbocycles. The molecule has 134 valence electrons. The van der Waals surface area contributed by atoms with Gasteiger partial charge >= 0.3 is 6.03 Å². The second-order valence-electron chi connectivity index (χ2n) is 7.18. The number of urea groups is 1. The summed E-state index contributed by atoms with van der Waals surface area (Å²) in [5, 5.41) is 3.04. The summed E-state index contributed by atoms with van der Waals surface area (Å²) in [4.78, 5) is 29.4. The zero-order chi connectivity index (χ0) is 18.0. The van der Waals surface area contributed by atoms with Crippen LogP contribution < -0.4 is 5.32 Å². The first-order valence-electron chi connectivity index (χ1n) is 9.07. The van der Waals surface area contributed by atoms with Crippen LogP contribution in [-0.2, 0) is 16.8 Å². The zero-order valence-electron chi connectivity index (χ0n) is 15.2. The molecule has 0 unspecified atom stereocenters. The maximum absolute atomic E-state index is 13.3. The Morgan fingerprint density at radius 3 is 2.80 bits per heavy atom. The average Bonchev–Trinajstić information content (AvgIpc) is 2.74. The minimum absolute atomic E-state index is 0.119. The second-order valence-corrected chi connectivity index (χ2v) is 7.18. The maximum atomic E-state index is 13.3. The van der Waals surface area contributed by atoms with Gasteiger partial charge in [0.25, 0.3) is 5.91 Å². The van der Waals surface area contributed by atoms with E-state index < -0.39 is 5.54 Å². The topological polar surface area (TPSA) is 52.6 Å². The van der Waals surface area contributed by atoms with Gasteiger partial charge < -0.3 is 5.32 Å². The van der Waals surface area contributed by atoms with Gasteiger partial charge in [0.05, 0.1) is 6.67 Å². The van der Waals surface area contributed by atoms with Gasteiger partial charge in [-0.15, -0.1) is 0 Å². The summed E-state index contributed by atoms with van der Waals surface area (Å²) in [6, 6.07) is 7.73. The lowest BCUT2D eigenvalue weighted by Crippen LogP contribution is -2.46. The second kappa shape index (κ2) is 7.00. The molecule has 0 bridgehead atoms. The number of benzene rings is 1. The van der Waals surface area contributed by atoms with Crippen LogP contribution >= 0.6 is 0 Å². The van der Waals surface area contributed by atoms with Crippen LogP contribution in [0.15, 0.2) is 36.4 Å². The Bertz CT molecular complexity index is 700. The molecule has 25 heavy (non-hydrogen) atoms. The van der Waals surface area contributed by atoms with E-state index in [-0.39, 0.29) is 11.9 Å². The van der Waals surface area contributed by atoms with Crippen LogP contribution in [0.2, 0.25) is 0 Å². The fourth-order valence-electron chi connectivity index (χ4n) is 3.94. The molecule has 1 atom stereocenters. The molecule has 5 heteroatoms. The fraction of sp³-hybridized carbons (Fsp3) is 0.500. The lowest BCUT2D eigenvalue weighted by Gasteiger charge is -2.29. The number of hydrogen-bond donors (Lipinski definition) is 1. The molecular weight excluding hydrogens is 314 g/mol. The quantitative estimate of drug-likeness (QED) is 0.662. The van der Waals surface area contributed by atoms with Gasteiger partial charge in [-0.25, -0.2) is 9.69 Å². The molecule has 1 aliphatic heterocycles. The summed E-state index contributed by atoms with van der Waals surface area (Å²) in [5.74, 6) is -0.119. The van der Waals surface area contributed by atoms with Crippen LogP contribution in [0.4, 0.5) is 4.79 Å². The molecule has 1 N–H and O–H groups in total. The predicted molar refractivity (Wildman–Crippen MR) is 98.0 cm³/mol. The normalized spacial score (nSPS) is 22.9. The van der Waals surface area contributed by atoms with Crippen LogP contribution in [0.5, 0.6) is 0 Å². The van der Waals surface area contributed by atoms with E-state index in [9.17, 15) is 9.59 Å². The number of amides is 3. The Morgan fingerprint density at radius 1 is 1.32 bits per heavy atom. The summed E-state index contributed by atoms with van der Waals surface area (Å²) in [7, 11) is 0. The summed E-state index contributed by atoms with van der Waals surface area (Å²) in [6.45, 7) is 9.66. The Hall–Kier alpha value is -2.14. The van der Waals surface area contributed by atoms with Crippen molar-refractivity contribution in [2.45, 2.75) is 45.1 Å². The van der Waals surface area contributed by atoms with Gasteiger partial charge in [-0.05, 0) is 50.3 Å². The van der Waals surface area contributed by atoms with Gasteiger partial charge in [0.15, 0.2) is 0 Å². The van der Waals surface area contributed by atoms with Gasteiger partial charge in [0.1, 0.15) is 5.54 Å².